The molecular weight excluding hydrogens is 428 g/mol. The predicted octanol–water partition coefficient (Wildman–Crippen LogP) is 2.64. The molecule has 0 atom stereocenters. The van der Waals surface area contributed by atoms with Crippen LogP contribution in [0.5, 0.6) is 11.5 Å². The molecule has 8 nitrogen and oxygen atoms in total. The Morgan fingerprint density at radius 1 is 1.09 bits per heavy atom. The summed E-state index contributed by atoms with van der Waals surface area (Å²) >= 11 is 4.95. The highest BCUT2D eigenvalue weighted by Crippen LogP contribution is 2.25. The van der Waals surface area contributed by atoms with Crippen molar-refractivity contribution in [1.29, 1.82) is 0 Å². The number of hydrogen-bond donors (Lipinski definition) is 3. The van der Waals surface area contributed by atoms with Crippen molar-refractivity contribution >= 4 is 34.0 Å². The Bertz CT molecular complexity index is 1070. The van der Waals surface area contributed by atoms with Crippen LogP contribution in [0.3, 0.4) is 0 Å². The number of nitrogens with one attached hydrogen (secondary N) is 2. The van der Waals surface area contributed by atoms with Gasteiger partial charge in [-0.3, -0.25) is 15.5 Å². The van der Waals surface area contributed by atoms with Gasteiger partial charge in [0, 0.05) is 23.6 Å². The van der Waals surface area contributed by atoms with Crippen molar-refractivity contribution in [2.45, 2.75) is 0 Å². The molecule has 9 heteroatoms. The topological polar surface area (TPSA) is 96.0 Å². The van der Waals surface area contributed by atoms with Gasteiger partial charge in [-0.15, -0.1) is 0 Å². The average Bonchev–Trinajstić information content (AvgIpc) is 2.81. The Morgan fingerprint density at radius 3 is 2.56 bits per heavy atom. The molecule has 2 aromatic carbocycles. The minimum absolute atomic E-state index is 0.233. The van der Waals surface area contributed by atoms with Gasteiger partial charge in [0.2, 0.25) is 0 Å². The van der Waals surface area contributed by atoms with Crippen LogP contribution in [0, 0.1) is 0 Å². The lowest BCUT2D eigenvalue weighted by Gasteiger charge is -2.14. The van der Waals surface area contributed by atoms with Gasteiger partial charge in [0.15, 0.2) is 0 Å². The Labute approximate surface area is 192 Å². The number of rotatable bonds is 10. The number of benzene rings is 2. The lowest BCUT2D eigenvalue weighted by molar-refractivity contribution is 0.0942. The minimum atomic E-state index is -0.300. The quantitative estimate of drug-likeness (QED) is 0.244. The SMILES string of the molecule is CN(C)CCOc1cc(C(=O)NCCOc2ccc(C(=S)NO)cc2)nc2ccccc12. The number of hydroxylamine groups is 1. The molecule has 0 aliphatic heterocycles. The number of para-hydroxylation sites is 1. The Balaban J connectivity index is 1.58. The summed E-state index contributed by atoms with van der Waals surface area (Å²) in [6, 6.07) is 16.2. The van der Waals surface area contributed by atoms with Crippen LogP contribution in [0.4, 0.5) is 0 Å². The lowest BCUT2D eigenvalue weighted by Crippen LogP contribution is -2.29. The first kappa shape index (κ1) is 23.4. The Morgan fingerprint density at radius 2 is 1.84 bits per heavy atom. The van der Waals surface area contributed by atoms with E-state index in [9.17, 15) is 4.79 Å². The summed E-state index contributed by atoms with van der Waals surface area (Å²) in [6.07, 6.45) is 0. The maximum Gasteiger partial charge on any atom is 0.270 e. The van der Waals surface area contributed by atoms with Crippen molar-refractivity contribution in [3.05, 3.63) is 65.9 Å². The summed E-state index contributed by atoms with van der Waals surface area (Å²) in [4.78, 5) is 19.4. The summed E-state index contributed by atoms with van der Waals surface area (Å²) < 4.78 is 11.6. The van der Waals surface area contributed by atoms with Crippen LogP contribution in [0.1, 0.15) is 16.1 Å². The number of carbonyl (C=O) groups excluding carboxylic acids is 1. The maximum absolute atomic E-state index is 12.6. The monoisotopic (exact) mass is 454 g/mol. The van der Waals surface area contributed by atoms with Gasteiger partial charge in [0.1, 0.15) is 35.4 Å². The third-order valence-electron chi connectivity index (χ3n) is 4.58. The fraction of sp³-hybridized carbons (Fsp3) is 0.261. The van der Waals surface area contributed by atoms with E-state index in [1.165, 1.54) is 0 Å². The first-order valence-electron chi connectivity index (χ1n) is 10.1. The molecular formula is C23H26N4O4S. The zero-order valence-corrected chi connectivity index (χ0v) is 18.8. The first-order chi connectivity index (χ1) is 15.5. The molecule has 0 aliphatic rings. The van der Waals surface area contributed by atoms with Crippen LogP contribution in [-0.4, -0.2) is 66.4 Å². The van der Waals surface area contributed by atoms with Crippen LogP contribution < -0.4 is 20.3 Å². The van der Waals surface area contributed by atoms with E-state index in [0.29, 0.717) is 35.7 Å². The van der Waals surface area contributed by atoms with Gasteiger partial charge in [0.05, 0.1) is 12.1 Å². The van der Waals surface area contributed by atoms with Gasteiger partial charge in [-0.2, -0.15) is 0 Å². The van der Waals surface area contributed by atoms with Crippen molar-refractivity contribution in [1.82, 2.24) is 20.7 Å². The number of nitrogens with zero attached hydrogens (tertiary/aromatic N) is 2. The molecule has 3 N–H and O–H groups in total. The molecule has 0 saturated carbocycles. The van der Waals surface area contributed by atoms with Crippen LogP contribution >= 0.6 is 12.2 Å². The fourth-order valence-electron chi connectivity index (χ4n) is 2.91. The molecule has 0 spiro atoms. The fourth-order valence-corrected chi connectivity index (χ4v) is 3.04. The van der Waals surface area contributed by atoms with Gasteiger partial charge in [-0.05, 0) is 50.5 Å². The molecule has 1 amide bonds. The second-order valence-corrected chi connectivity index (χ2v) is 7.65. The molecule has 0 fully saturated rings. The Hall–Kier alpha value is -3.27. The number of pyridine rings is 1. The lowest BCUT2D eigenvalue weighted by atomic mass is 10.1. The van der Waals surface area contributed by atoms with Crippen molar-refractivity contribution < 1.29 is 19.5 Å². The summed E-state index contributed by atoms with van der Waals surface area (Å²) in [7, 11) is 3.95. The summed E-state index contributed by atoms with van der Waals surface area (Å²) in [5.41, 5.74) is 3.60. The van der Waals surface area contributed by atoms with Crippen LogP contribution in [0.25, 0.3) is 10.9 Å². The number of hydrogen-bond acceptors (Lipinski definition) is 7. The summed E-state index contributed by atoms with van der Waals surface area (Å²) in [5.74, 6) is 0.963. The zero-order valence-electron chi connectivity index (χ0n) is 18.0. The normalized spacial score (nSPS) is 10.8. The molecule has 168 valence electrons. The molecule has 0 unspecified atom stereocenters. The van der Waals surface area contributed by atoms with Gasteiger partial charge < -0.3 is 19.7 Å². The average molecular weight is 455 g/mol. The van der Waals surface area contributed by atoms with Gasteiger partial charge in [-0.1, -0.05) is 24.4 Å². The second kappa shape index (κ2) is 11.4. The molecule has 1 aromatic heterocycles. The van der Waals surface area contributed by atoms with Crippen LogP contribution in [0.15, 0.2) is 54.6 Å². The number of carbonyl (C=O) groups is 1. The molecule has 0 aliphatic carbocycles. The van der Waals surface area contributed by atoms with E-state index in [-0.39, 0.29) is 23.2 Å². The molecule has 1 heterocycles. The minimum Gasteiger partial charge on any atom is -0.492 e. The van der Waals surface area contributed by atoms with Crippen molar-refractivity contribution in [3.63, 3.8) is 0 Å². The van der Waals surface area contributed by atoms with Gasteiger partial charge >= 0.3 is 0 Å². The van der Waals surface area contributed by atoms with Crippen molar-refractivity contribution in [3.8, 4) is 11.5 Å². The maximum atomic E-state index is 12.6. The highest BCUT2D eigenvalue weighted by molar-refractivity contribution is 7.80. The number of fused-ring (bicyclic) bond motifs is 1. The highest BCUT2D eigenvalue weighted by Gasteiger charge is 2.13. The molecule has 3 aromatic rings. The number of thiocarbonyl (C=S) groups is 1. The predicted molar refractivity (Wildman–Crippen MR) is 127 cm³/mol. The first-order valence-corrected chi connectivity index (χ1v) is 10.5. The number of likely N-dealkylation sites (N-methyl/N-ethyl adjacent to an activating group) is 1. The standard InChI is InChI=1S/C23H26N4O4S/c1-27(2)12-14-31-21-15-20(25-19-6-4-3-5-18(19)21)22(28)24-11-13-30-17-9-7-16(8-10-17)23(32)26-29/h3-10,15,29H,11-14H2,1-2H3,(H,24,28)(H,26,32). The zero-order chi connectivity index (χ0) is 22.9. The van der Waals surface area contributed by atoms with E-state index >= 15 is 0 Å². The van der Waals surface area contributed by atoms with Crippen molar-refractivity contribution in [2.75, 3.05) is 40.4 Å². The van der Waals surface area contributed by atoms with E-state index < -0.39 is 0 Å². The smallest absolute Gasteiger partial charge is 0.270 e. The molecule has 0 saturated heterocycles. The Kier molecular flexibility index (Phi) is 8.32. The molecule has 0 radical (unpaired) electrons. The second-order valence-electron chi connectivity index (χ2n) is 7.24. The molecule has 0 bridgehead atoms. The van der Waals surface area contributed by atoms with E-state index in [2.05, 4.69) is 10.3 Å². The van der Waals surface area contributed by atoms with E-state index in [1.54, 1.807) is 30.3 Å². The van der Waals surface area contributed by atoms with E-state index in [4.69, 9.17) is 26.9 Å². The summed E-state index contributed by atoms with van der Waals surface area (Å²) in [6.45, 7) is 1.86. The summed E-state index contributed by atoms with van der Waals surface area (Å²) in [5, 5.41) is 12.5. The van der Waals surface area contributed by atoms with Gasteiger partial charge in [0.25, 0.3) is 5.91 Å². The number of aromatic nitrogens is 1. The van der Waals surface area contributed by atoms with E-state index in [0.717, 1.165) is 11.9 Å². The largest absolute Gasteiger partial charge is 0.492 e. The van der Waals surface area contributed by atoms with Gasteiger partial charge in [-0.25, -0.2) is 4.98 Å². The molecule has 3 rings (SSSR count). The number of amides is 1. The van der Waals surface area contributed by atoms with Crippen LogP contribution in [0.2, 0.25) is 0 Å². The third kappa shape index (κ3) is 6.36. The van der Waals surface area contributed by atoms with E-state index in [1.807, 2.05) is 48.7 Å². The van der Waals surface area contributed by atoms with Crippen molar-refractivity contribution in [2.24, 2.45) is 0 Å². The van der Waals surface area contributed by atoms with Crippen LogP contribution in [-0.2, 0) is 0 Å². The molecule has 32 heavy (non-hydrogen) atoms. The highest BCUT2D eigenvalue weighted by atomic mass is 32.1. The third-order valence-corrected chi connectivity index (χ3v) is 4.91. The number of ether oxygens (including phenoxy) is 2.